The summed E-state index contributed by atoms with van der Waals surface area (Å²) in [4.78, 5) is 31.3. The molecule has 8 nitrogen and oxygen atoms in total. The van der Waals surface area contributed by atoms with Crippen LogP contribution < -0.4 is 20.7 Å². The largest absolute Gasteiger partial charge is 0.497 e. The molecule has 9 heteroatoms. The topological polar surface area (TPSA) is 106 Å². The second kappa shape index (κ2) is 8.87. The number of methoxy groups -OCH3 is 2. The van der Waals surface area contributed by atoms with Crippen molar-refractivity contribution >= 4 is 17.3 Å². The number of ether oxygens (including phenoxy) is 2. The number of H-pyrrole nitrogens is 1. The summed E-state index contributed by atoms with van der Waals surface area (Å²) >= 11 is 5.88. The summed E-state index contributed by atoms with van der Waals surface area (Å²) in [7, 11) is 3.09. The summed E-state index contributed by atoms with van der Waals surface area (Å²) in [5.74, 6) is 0.707. The number of rotatable bonds is 6. The van der Waals surface area contributed by atoms with Crippen molar-refractivity contribution in [2.75, 3.05) is 14.2 Å². The Morgan fingerprint density at radius 1 is 1.10 bits per heavy atom. The molecule has 1 aromatic heterocycles. The highest BCUT2D eigenvalue weighted by Gasteiger charge is 2.18. The van der Waals surface area contributed by atoms with Crippen LogP contribution in [0.15, 0.2) is 57.0 Å². The molecule has 2 N–H and O–H groups in total. The molecule has 30 heavy (non-hydrogen) atoms. The van der Waals surface area contributed by atoms with E-state index in [-0.39, 0.29) is 17.8 Å². The summed E-state index contributed by atoms with van der Waals surface area (Å²) in [6.45, 7) is 1.79. The Bertz CT molecular complexity index is 1190. The number of aliphatic imine (C=N–C) groups is 1. The fraction of sp³-hybridized carbons (Fsp3) is 0.190. The quantitative estimate of drug-likeness (QED) is 0.586. The Labute approximate surface area is 177 Å². The number of hydrogen-bond acceptors (Lipinski definition) is 6. The summed E-state index contributed by atoms with van der Waals surface area (Å²) in [5.41, 5.74) is -0.198. The lowest BCUT2D eigenvalue weighted by Crippen LogP contribution is -2.32. The highest BCUT2D eigenvalue weighted by Crippen LogP contribution is 2.24. The lowest BCUT2D eigenvalue weighted by atomic mass is 10.1. The average molecular weight is 430 g/mol. The molecule has 0 saturated carbocycles. The number of halogens is 1. The van der Waals surface area contributed by atoms with Gasteiger partial charge in [-0.2, -0.15) is 0 Å². The molecule has 0 atom stereocenters. The van der Waals surface area contributed by atoms with Crippen molar-refractivity contribution in [3.05, 3.63) is 79.5 Å². The molecule has 0 aliphatic carbocycles. The maximum atomic E-state index is 12.4. The van der Waals surface area contributed by atoms with Crippen LogP contribution in [0.4, 0.5) is 0 Å². The molecule has 1 heterocycles. The van der Waals surface area contributed by atoms with Gasteiger partial charge in [0.05, 0.1) is 32.2 Å². The molecule has 0 aliphatic heterocycles. The molecule has 0 radical (unpaired) electrons. The fourth-order valence-electron chi connectivity index (χ4n) is 2.93. The van der Waals surface area contributed by atoms with Crippen LogP contribution in [-0.4, -0.2) is 34.6 Å². The van der Waals surface area contributed by atoms with E-state index in [1.807, 2.05) is 0 Å². The third-order valence-corrected chi connectivity index (χ3v) is 4.69. The number of aromatic hydroxyl groups is 1. The lowest BCUT2D eigenvalue weighted by molar-refractivity contribution is 0.393. The fourth-order valence-corrected chi connectivity index (χ4v) is 3.05. The first-order chi connectivity index (χ1) is 14.3. The zero-order chi connectivity index (χ0) is 21.8. The molecule has 0 fully saturated rings. The van der Waals surface area contributed by atoms with E-state index in [4.69, 9.17) is 21.1 Å². The van der Waals surface area contributed by atoms with Gasteiger partial charge in [0.15, 0.2) is 0 Å². The van der Waals surface area contributed by atoms with E-state index >= 15 is 0 Å². The van der Waals surface area contributed by atoms with Gasteiger partial charge in [-0.15, -0.1) is 0 Å². The second-order valence-corrected chi connectivity index (χ2v) is 6.83. The van der Waals surface area contributed by atoms with Crippen molar-refractivity contribution in [2.45, 2.75) is 13.5 Å². The third-order valence-electron chi connectivity index (χ3n) is 4.44. The van der Waals surface area contributed by atoms with Gasteiger partial charge in [0.1, 0.15) is 17.1 Å². The number of benzene rings is 2. The first-order valence-electron chi connectivity index (χ1n) is 8.91. The Kier molecular flexibility index (Phi) is 6.27. The first kappa shape index (κ1) is 21.2. The minimum Gasteiger partial charge on any atom is -0.497 e. The molecular weight excluding hydrogens is 410 g/mol. The van der Waals surface area contributed by atoms with Crippen LogP contribution in [0.3, 0.4) is 0 Å². The Hall–Kier alpha value is -3.52. The Morgan fingerprint density at radius 3 is 2.27 bits per heavy atom. The van der Waals surface area contributed by atoms with Gasteiger partial charge < -0.3 is 14.6 Å². The number of nitrogens with zero attached hydrogens (tertiary/aromatic N) is 2. The normalized spacial score (nSPS) is 11.4. The monoisotopic (exact) mass is 429 g/mol. The molecule has 2 aromatic carbocycles. The molecule has 0 spiro atoms. The minimum atomic E-state index is -0.770. The molecular formula is C21H20ClN3O5. The summed E-state index contributed by atoms with van der Waals surface area (Å²) in [6.07, 6.45) is 0. The van der Waals surface area contributed by atoms with Crippen LogP contribution >= 0.6 is 11.6 Å². The maximum absolute atomic E-state index is 12.4. The molecule has 0 aliphatic rings. The molecule has 3 aromatic rings. The van der Waals surface area contributed by atoms with Crippen molar-refractivity contribution < 1.29 is 14.6 Å². The smallest absolute Gasteiger partial charge is 0.335 e. The van der Waals surface area contributed by atoms with E-state index in [1.165, 1.54) is 0 Å². The van der Waals surface area contributed by atoms with Crippen LogP contribution in [0.5, 0.6) is 17.4 Å². The van der Waals surface area contributed by atoms with Crippen LogP contribution in [0.25, 0.3) is 5.69 Å². The van der Waals surface area contributed by atoms with Crippen molar-refractivity contribution in [3.8, 4) is 23.1 Å². The van der Waals surface area contributed by atoms with Gasteiger partial charge in [0, 0.05) is 11.1 Å². The van der Waals surface area contributed by atoms with Gasteiger partial charge in [-0.25, -0.2) is 9.36 Å². The number of aromatic nitrogens is 2. The van der Waals surface area contributed by atoms with Gasteiger partial charge >= 0.3 is 5.69 Å². The standard InChI is InChI=1S/C21H20ClN3O5/c1-12(23-11-13-8-16(29-2)10-17(9-13)30-3)18-19(26)24-21(28)25(20(18)27)15-6-4-14(22)5-7-15/h4-10,27H,11H2,1-3H3,(H,24,26,28). The van der Waals surface area contributed by atoms with Gasteiger partial charge in [0.25, 0.3) is 5.56 Å². The molecule has 0 unspecified atom stereocenters. The van der Waals surface area contributed by atoms with E-state index in [2.05, 4.69) is 9.98 Å². The average Bonchev–Trinajstić information content (AvgIpc) is 2.73. The highest BCUT2D eigenvalue weighted by molar-refractivity contribution is 6.30. The molecule has 156 valence electrons. The van der Waals surface area contributed by atoms with E-state index < -0.39 is 17.1 Å². The molecule has 0 bridgehead atoms. The van der Waals surface area contributed by atoms with Crippen molar-refractivity contribution in [2.24, 2.45) is 4.99 Å². The number of hydrogen-bond donors (Lipinski definition) is 2. The van der Waals surface area contributed by atoms with Crippen LogP contribution in [0.2, 0.25) is 5.02 Å². The molecule has 3 rings (SSSR count). The first-order valence-corrected chi connectivity index (χ1v) is 9.29. The van der Waals surface area contributed by atoms with Crippen molar-refractivity contribution in [1.82, 2.24) is 9.55 Å². The third kappa shape index (κ3) is 4.38. The van der Waals surface area contributed by atoms with E-state index in [9.17, 15) is 14.7 Å². The molecule has 0 amide bonds. The number of nitrogens with one attached hydrogen (secondary N) is 1. The van der Waals surface area contributed by atoms with Crippen LogP contribution in [0, 0.1) is 0 Å². The second-order valence-electron chi connectivity index (χ2n) is 6.39. The number of aromatic amines is 1. The maximum Gasteiger partial charge on any atom is 0.335 e. The van der Waals surface area contributed by atoms with E-state index in [0.717, 1.165) is 10.1 Å². The summed E-state index contributed by atoms with van der Waals surface area (Å²) in [5, 5.41) is 11.2. The van der Waals surface area contributed by atoms with E-state index in [1.54, 1.807) is 63.6 Å². The van der Waals surface area contributed by atoms with Gasteiger partial charge in [0.2, 0.25) is 5.88 Å². The lowest BCUT2D eigenvalue weighted by Gasteiger charge is -2.12. The van der Waals surface area contributed by atoms with Crippen LogP contribution in [-0.2, 0) is 6.54 Å². The van der Waals surface area contributed by atoms with Crippen molar-refractivity contribution in [3.63, 3.8) is 0 Å². The zero-order valence-corrected chi connectivity index (χ0v) is 17.4. The van der Waals surface area contributed by atoms with E-state index in [0.29, 0.717) is 22.2 Å². The SMILES string of the molecule is COc1cc(CN=C(C)c2c(O)n(-c3ccc(Cl)cc3)c(=O)[nH]c2=O)cc(OC)c1. The Morgan fingerprint density at radius 2 is 1.70 bits per heavy atom. The van der Waals surface area contributed by atoms with Gasteiger partial charge in [-0.1, -0.05) is 11.6 Å². The predicted octanol–water partition coefficient (Wildman–Crippen LogP) is 2.91. The van der Waals surface area contributed by atoms with Gasteiger partial charge in [-0.05, 0) is 48.9 Å². The highest BCUT2D eigenvalue weighted by atomic mass is 35.5. The minimum absolute atomic E-state index is 0.0978. The van der Waals surface area contributed by atoms with Crippen LogP contribution in [0.1, 0.15) is 18.1 Å². The zero-order valence-electron chi connectivity index (χ0n) is 16.6. The molecule has 0 saturated heterocycles. The Balaban J connectivity index is 2.03. The van der Waals surface area contributed by atoms with Crippen molar-refractivity contribution in [1.29, 1.82) is 0 Å². The summed E-state index contributed by atoms with van der Waals surface area (Å²) in [6, 6.07) is 11.6. The summed E-state index contributed by atoms with van der Waals surface area (Å²) < 4.78 is 11.5. The van der Waals surface area contributed by atoms with Gasteiger partial charge in [-0.3, -0.25) is 14.8 Å². The predicted molar refractivity (Wildman–Crippen MR) is 115 cm³/mol.